The Bertz CT molecular complexity index is 498. The number of thioether (sulfide) groups is 1. The highest BCUT2D eigenvalue weighted by atomic mass is 32.2. The lowest BCUT2D eigenvalue weighted by Gasteiger charge is -2.37. The molecule has 0 unspecified atom stereocenters. The summed E-state index contributed by atoms with van der Waals surface area (Å²) >= 11 is 1.91. The average molecular weight is 293 g/mol. The SMILES string of the molecule is CNc1nc(C2(OC)CCC(C)CC2)nc2c1CSC2. The highest BCUT2D eigenvalue weighted by Gasteiger charge is 2.39. The van der Waals surface area contributed by atoms with Crippen molar-refractivity contribution in [3.8, 4) is 0 Å². The predicted octanol–water partition coefficient (Wildman–Crippen LogP) is 3.32. The third kappa shape index (κ3) is 2.31. The molecule has 3 rings (SSSR count). The van der Waals surface area contributed by atoms with Crippen LogP contribution in [0.15, 0.2) is 0 Å². The van der Waals surface area contributed by atoms with Crippen molar-refractivity contribution in [1.29, 1.82) is 0 Å². The molecule has 2 heterocycles. The van der Waals surface area contributed by atoms with Gasteiger partial charge in [0.1, 0.15) is 11.4 Å². The minimum atomic E-state index is -0.277. The molecule has 0 amide bonds. The molecule has 0 bridgehead atoms. The number of hydrogen-bond acceptors (Lipinski definition) is 5. The first-order valence-electron chi connectivity index (χ1n) is 7.39. The number of nitrogens with zero attached hydrogens (tertiary/aromatic N) is 2. The third-order valence-corrected chi connectivity index (χ3v) is 5.67. The number of hydrogen-bond donors (Lipinski definition) is 1. The lowest BCUT2D eigenvalue weighted by molar-refractivity contribution is -0.0597. The van der Waals surface area contributed by atoms with Crippen LogP contribution in [0.4, 0.5) is 5.82 Å². The van der Waals surface area contributed by atoms with Gasteiger partial charge in [-0.05, 0) is 31.6 Å². The molecule has 1 aliphatic heterocycles. The fourth-order valence-electron chi connectivity index (χ4n) is 3.21. The molecule has 0 saturated heterocycles. The molecule has 0 radical (unpaired) electrons. The molecule has 1 saturated carbocycles. The number of fused-ring (bicyclic) bond motifs is 1. The Kier molecular flexibility index (Phi) is 3.91. The number of rotatable bonds is 3. The topological polar surface area (TPSA) is 47.0 Å². The highest BCUT2D eigenvalue weighted by Crippen LogP contribution is 2.42. The average Bonchev–Trinajstić information content (AvgIpc) is 2.96. The van der Waals surface area contributed by atoms with Gasteiger partial charge < -0.3 is 10.1 Å². The van der Waals surface area contributed by atoms with Gasteiger partial charge in [0.25, 0.3) is 0 Å². The van der Waals surface area contributed by atoms with Gasteiger partial charge in [-0.1, -0.05) is 6.92 Å². The summed E-state index contributed by atoms with van der Waals surface area (Å²) in [6.07, 6.45) is 4.44. The molecule has 5 heteroatoms. The van der Waals surface area contributed by atoms with Crippen LogP contribution in [0.25, 0.3) is 0 Å². The zero-order valence-corrected chi connectivity index (χ0v) is 13.3. The van der Waals surface area contributed by atoms with Gasteiger partial charge in [0.05, 0.1) is 5.69 Å². The maximum atomic E-state index is 5.91. The van der Waals surface area contributed by atoms with Gasteiger partial charge in [0, 0.05) is 31.2 Å². The minimum Gasteiger partial charge on any atom is -0.373 e. The van der Waals surface area contributed by atoms with Crippen LogP contribution < -0.4 is 5.32 Å². The fraction of sp³-hybridized carbons (Fsp3) is 0.733. The summed E-state index contributed by atoms with van der Waals surface area (Å²) in [5.74, 6) is 4.67. The maximum absolute atomic E-state index is 5.91. The van der Waals surface area contributed by atoms with E-state index in [2.05, 4.69) is 12.2 Å². The van der Waals surface area contributed by atoms with E-state index in [1.54, 1.807) is 7.11 Å². The summed E-state index contributed by atoms with van der Waals surface area (Å²) < 4.78 is 5.91. The van der Waals surface area contributed by atoms with Gasteiger partial charge in [-0.25, -0.2) is 9.97 Å². The molecule has 0 spiro atoms. The second-order valence-electron chi connectivity index (χ2n) is 5.94. The minimum absolute atomic E-state index is 0.277. The van der Waals surface area contributed by atoms with Crippen molar-refractivity contribution in [3.05, 3.63) is 17.1 Å². The van der Waals surface area contributed by atoms with Crippen LogP contribution in [-0.4, -0.2) is 24.1 Å². The van der Waals surface area contributed by atoms with Crippen LogP contribution in [0.3, 0.4) is 0 Å². The summed E-state index contributed by atoms with van der Waals surface area (Å²) in [6.45, 7) is 2.32. The van der Waals surface area contributed by atoms with E-state index in [1.807, 2.05) is 18.8 Å². The van der Waals surface area contributed by atoms with E-state index in [0.717, 1.165) is 41.9 Å². The first-order chi connectivity index (χ1) is 9.68. The van der Waals surface area contributed by atoms with E-state index >= 15 is 0 Å². The Hall–Kier alpha value is -0.810. The standard InChI is InChI=1S/C15H23N3OS/c1-10-4-6-15(19-3,7-5-10)14-17-12-9-20-8-11(12)13(16-2)18-14/h10H,4-9H2,1-3H3,(H,16,17,18). The number of methoxy groups -OCH3 is 1. The number of anilines is 1. The van der Waals surface area contributed by atoms with Gasteiger partial charge in [-0.15, -0.1) is 0 Å². The van der Waals surface area contributed by atoms with Gasteiger partial charge in [0.15, 0.2) is 5.82 Å². The molecule has 1 N–H and O–H groups in total. The molecule has 1 aliphatic carbocycles. The molecule has 110 valence electrons. The van der Waals surface area contributed by atoms with Gasteiger partial charge in [-0.3, -0.25) is 0 Å². The van der Waals surface area contributed by atoms with E-state index < -0.39 is 0 Å². The quantitative estimate of drug-likeness (QED) is 0.926. The third-order valence-electron chi connectivity index (χ3n) is 4.69. The Morgan fingerprint density at radius 2 is 2.00 bits per heavy atom. The van der Waals surface area contributed by atoms with Crippen molar-refractivity contribution in [2.45, 2.75) is 49.7 Å². The first-order valence-corrected chi connectivity index (χ1v) is 8.55. The van der Waals surface area contributed by atoms with E-state index in [0.29, 0.717) is 0 Å². The van der Waals surface area contributed by atoms with Crippen LogP contribution in [0, 0.1) is 5.92 Å². The largest absolute Gasteiger partial charge is 0.373 e. The fourth-order valence-corrected chi connectivity index (χ4v) is 4.25. The van der Waals surface area contributed by atoms with E-state index in [9.17, 15) is 0 Å². The van der Waals surface area contributed by atoms with Crippen LogP contribution in [-0.2, 0) is 21.8 Å². The van der Waals surface area contributed by atoms with Gasteiger partial charge >= 0.3 is 0 Å². The van der Waals surface area contributed by atoms with Crippen molar-refractivity contribution >= 4 is 17.6 Å². The molecule has 0 aromatic carbocycles. The van der Waals surface area contributed by atoms with Crippen LogP contribution >= 0.6 is 11.8 Å². The lowest BCUT2D eigenvalue weighted by Crippen LogP contribution is -2.35. The van der Waals surface area contributed by atoms with Gasteiger partial charge in [0.2, 0.25) is 0 Å². The predicted molar refractivity (Wildman–Crippen MR) is 82.9 cm³/mol. The molecule has 4 nitrogen and oxygen atoms in total. The van der Waals surface area contributed by atoms with E-state index in [4.69, 9.17) is 14.7 Å². The summed E-state index contributed by atoms with van der Waals surface area (Å²) in [5.41, 5.74) is 2.19. The summed E-state index contributed by atoms with van der Waals surface area (Å²) in [6, 6.07) is 0. The second-order valence-corrected chi connectivity index (χ2v) is 6.93. The van der Waals surface area contributed by atoms with E-state index in [1.165, 1.54) is 24.1 Å². The van der Waals surface area contributed by atoms with Crippen molar-refractivity contribution < 1.29 is 4.74 Å². The smallest absolute Gasteiger partial charge is 0.162 e. The zero-order chi connectivity index (χ0) is 14.2. The monoisotopic (exact) mass is 293 g/mol. The molecule has 1 aromatic rings. The molecule has 0 atom stereocenters. The normalized spacial score (nSPS) is 29.2. The second kappa shape index (κ2) is 5.53. The molecule has 2 aliphatic rings. The van der Waals surface area contributed by atoms with Crippen LogP contribution in [0.5, 0.6) is 0 Å². The Morgan fingerprint density at radius 1 is 1.25 bits per heavy atom. The molecule has 1 fully saturated rings. The van der Waals surface area contributed by atoms with Crippen molar-refractivity contribution in [2.24, 2.45) is 5.92 Å². The number of aromatic nitrogens is 2. The summed E-state index contributed by atoms with van der Waals surface area (Å²) in [7, 11) is 3.75. The molecular formula is C15H23N3OS. The zero-order valence-electron chi connectivity index (χ0n) is 12.5. The Balaban J connectivity index is 2.00. The van der Waals surface area contributed by atoms with Crippen LogP contribution in [0.1, 0.15) is 49.7 Å². The highest BCUT2D eigenvalue weighted by molar-refractivity contribution is 7.98. The Labute approximate surface area is 125 Å². The summed E-state index contributed by atoms with van der Waals surface area (Å²) in [5, 5.41) is 3.24. The maximum Gasteiger partial charge on any atom is 0.162 e. The van der Waals surface area contributed by atoms with Crippen molar-refractivity contribution in [3.63, 3.8) is 0 Å². The molecular weight excluding hydrogens is 270 g/mol. The van der Waals surface area contributed by atoms with Crippen molar-refractivity contribution in [2.75, 3.05) is 19.5 Å². The van der Waals surface area contributed by atoms with Gasteiger partial charge in [-0.2, -0.15) is 11.8 Å². The lowest BCUT2D eigenvalue weighted by atomic mass is 9.79. The first kappa shape index (κ1) is 14.1. The number of ether oxygens (including phenoxy) is 1. The van der Waals surface area contributed by atoms with E-state index in [-0.39, 0.29) is 5.60 Å². The number of nitrogens with one attached hydrogen (secondary N) is 1. The molecule has 1 aromatic heterocycles. The summed E-state index contributed by atoms with van der Waals surface area (Å²) in [4.78, 5) is 9.65. The van der Waals surface area contributed by atoms with Crippen LogP contribution in [0.2, 0.25) is 0 Å². The Morgan fingerprint density at radius 3 is 2.65 bits per heavy atom. The molecule has 20 heavy (non-hydrogen) atoms. The van der Waals surface area contributed by atoms with Crippen molar-refractivity contribution in [1.82, 2.24) is 9.97 Å².